The van der Waals surface area contributed by atoms with Crippen LogP contribution in [0.15, 0.2) is 154 Å². The number of anilines is 6. The largest absolute Gasteiger partial charge is 0.452 e. The van der Waals surface area contributed by atoms with Crippen LogP contribution in [-0.2, 0) is 0 Å². The molecule has 0 radical (unpaired) electrons. The first-order chi connectivity index (χ1) is 30.0. The van der Waals surface area contributed by atoms with Crippen molar-refractivity contribution in [3.05, 3.63) is 190 Å². The Kier molecular flexibility index (Phi) is 8.59. The van der Waals surface area contributed by atoms with Crippen LogP contribution in [0.4, 0.5) is 34.1 Å². The predicted octanol–water partition coefficient (Wildman–Crippen LogP) is 17.2. The third-order valence-corrected chi connectivity index (χ3v) is 12.4. The van der Waals surface area contributed by atoms with Gasteiger partial charge in [0.2, 0.25) is 0 Å². The van der Waals surface area contributed by atoms with Crippen molar-refractivity contribution in [1.29, 1.82) is 0 Å². The van der Waals surface area contributed by atoms with Crippen molar-refractivity contribution in [3.8, 4) is 0 Å². The van der Waals surface area contributed by atoms with Crippen molar-refractivity contribution in [2.24, 2.45) is 0 Å². The van der Waals surface area contributed by atoms with Gasteiger partial charge in [0.15, 0.2) is 11.2 Å². The van der Waals surface area contributed by atoms with Crippen LogP contribution in [0.2, 0.25) is 0 Å². The fraction of sp³-hybridized carbons (Fsp3) is 0.138. The van der Waals surface area contributed by atoms with E-state index in [1.54, 1.807) is 0 Å². The van der Waals surface area contributed by atoms with Crippen LogP contribution >= 0.6 is 0 Å². The van der Waals surface area contributed by atoms with Crippen LogP contribution < -0.4 is 9.80 Å². The Bertz CT molecular complexity index is 3220. The maximum Gasteiger partial charge on any atom is 0.178 e. The molecule has 0 atom stereocenters. The van der Waals surface area contributed by atoms with Gasteiger partial charge in [-0.05, 0) is 171 Å². The minimum Gasteiger partial charge on any atom is -0.452 e. The Hall–Kier alpha value is -7.30. The molecule has 11 rings (SSSR count). The molecule has 302 valence electrons. The van der Waals surface area contributed by atoms with Gasteiger partial charge in [0, 0.05) is 67.2 Å². The van der Waals surface area contributed by atoms with Crippen molar-refractivity contribution in [1.82, 2.24) is 0 Å². The number of benzene rings is 9. The molecule has 0 saturated heterocycles. The zero-order chi connectivity index (χ0) is 42.6. The monoisotopic (exact) mass is 804 g/mol. The zero-order valence-corrected chi connectivity index (χ0v) is 36.6. The second kappa shape index (κ2) is 14.1. The van der Waals surface area contributed by atoms with Crippen LogP contribution in [0, 0.1) is 55.4 Å². The molecule has 0 aliphatic rings. The number of hydrogen-bond donors (Lipinski definition) is 0. The molecule has 0 saturated carbocycles. The predicted molar refractivity (Wildman–Crippen MR) is 263 cm³/mol. The summed E-state index contributed by atoms with van der Waals surface area (Å²) in [5.41, 5.74) is 19.5. The second-order valence-electron chi connectivity index (χ2n) is 17.7. The smallest absolute Gasteiger partial charge is 0.178 e. The molecule has 2 aromatic heterocycles. The zero-order valence-electron chi connectivity index (χ0n) is 36.6. The van der Waals surface area contributed by atoms with Crippen molar-refractivity contribution in [3.63, 3.8) is 0 Å². The van der Waals surface area contributed by atoms with E-state index >= 15 is 0 Å². The highest BCUT2D eigenvalue weighted by atomic mass is 16.4. The van der Waals surface area contributed by atoms with Gasteiger partial charge in [0.05, 0.1) is 11.4 Å². The highest BCUT2D eigenvalue weighted by molar-refractivity contribution is 6.29. The van der Waals surface area contributed by atoms with E-state index in [1.807, 2.05) is 0 Å². The molecule has 4 nitrogen and oxygen atoms in total. The number of furan rings is 2. The molecule has 0 aliphatic carbocycles. The summed E-state index contributed by atoms with van der Waals surface area (Å²) < 4.78 is 14.2. The average molecular weight is 805 g/mol. The van der Waals surface area contributed by atoms with Crippen molar-refractivity contribution in [2.45, 2.75) is 55.4 Å². The summed E-state index contributed by atoms with van der Waals surface area (Å²) in [4.78, 5) is 4.80. The molecule has 0 fully saturated rings. The molecule has 0 bridgehead atoms. The van der Waals surface area contributed by atoms with E-state index < -0.39 is 0 Å². The summed E-state index contributed by atoms with van der Waals surface area (Å²) in [5, 5.41) is 8.83. The first kappa shape index (κ1) is 37.7. The molecule has 62 heavy (non-hydrogen) atoms. The van der Waals surface area contributed by atoms with Gasteiger partial charge in [0.25, 0.3) is 0 Å². The second-order valence-corrected chi connectivity index (χ2v) is 17.7. The number of aryl methyl sites for hydroxylation is 8. The van der Waals surface area contributed by atoms with Gasteiger partial charge in [-0.2, -0.15) is 0 Å². The Labute approximate surface area is 362 Å². The minimum absolute atomic E-state index is 0.756. The highest BCUT2D eigenvalue weighted by Gasteiger charge is 2.25. The number of rotatable bonds is 6. The molecule has 9 aromatic carbocycles. The lowest BCUT2D eigenvalue weighted by Gasteiger charge is -2.28. The van der Waals surface area contributed by atoms with Gasteiger partial charge >= 0.3 is 0 Å². The summed E-state index contributed by atoms with van der Waals surface area (Å²) in [6, 6.07) is 53.6. The lowest BCUT2D eigenvalue weighted by Crippen LogP contribution is -2.11. The van der Waals surface area contributed by atoms with E-state index in [9.17, 15) is 0 Å². The molecule has 0 aliphatic heterocycles. The van der Waals surface area contributed by atoms with Gasteiger partial charge in [-0.15, -0.1) is 0 Å². The summed E-state index contributed by atoms with van der Waals surface area (Å²) >= 11 is 0. The van der Waals surface area contributed by atoms with Crippen molar-refractivity contribution < 1.29 is 8.83 Å². The lowest BCUT2D eigenvalue weighted by molar-refractivity contribution is 0.633. The van der Waals surface area contributed by atoms with Crippen LogP contribution in [0.25, 0.3) is 65.4 Å². The van der Waals surface area contributed by atoms with Crippen molar-refractivity contribution >= 4 is 99.5 Å². The Morgan fingerprint density at radius 2 is 0.565 bits per heavy atom. The summed E-state index contributed by atoms with van der Waals surface area (Å²) in [7, 11) is 0. The lowest BCUT2D eigenvalue weighted by atomic mass is 9.98. The van der Waals surface area contributed by atoms with Crippen LogP contribution in [0.5, 0.6) is 0 Å². The van der Waals surface area contributed by atoms with Gasteiger partial charge in [0.1, 0.15) is 11.2 Å². The SMILES string of the molecule is Cc1cc(C)cc(N(c2cc(C)cc(C)c2)c2cc3oc4c(ccc5c4oc4cc(N(c6cc(C)cc(C)c6)c6cc(C)cc(C)c6)c6ccccc6c45)c3c3ccccc23)c1. The van der Waals surface area contributed by atoms with Gasteiger partial charge in [-0.1, -0.05) is 72.8 Å². The minimum atomic E-state index is 0.756. The van der Waals surface area contributed by atoms with Crippen molar-refractivity contribution in [2.75, 3.05) is 9.80 Å². The van der Waals surface area contributed by atoms with Gasteiger partial charge in [-0.3, -0.25) is 0 Å². The third-order valence-electron chi connectivity index (χ3n) is 12.4. The molecule has 0 spiro atoms. The molecular weight excluding hydrogens is 757 g/mol. The third kappa shape index (κ3) is 6.12. The molecule has 0 unspecified atom stereocenters. The van der Waals surface area contributed by atoms with Gasteiger partial charge < -0.3 is 18.6 Å². The maximum atomic E-state index is 7.11. The highest BCUT2D eigenvalue weighted by Crippen LogP contribution is 2.49. The Morgan fingerprint density at radius 1 is 0.290 bits per heavy atom. The summed E-state index contributed by atoms with van der Waals surface area (Å²) in [6.45, 7) is 17.4. The number of fused-ring (bicyclic) bond motifs is 11. The first-order valence-electron chi connectivity index (χ1n) is 21.6. The molecule has 2 heterocycles. The fourth-order valence-corrected chi connectivity index (χ4v) is 10.3. The first-order valence-corrected chi connectivity index (χ1v) is 21.6. The maximum absolute atomic E-state index is 7.11. The van der Waals surface area contributed by atoms with Crippen LogP contribution in [-0.4, -0.2) is 0 Å². The van der Waals surface area contributed by atoms with E-state index in [2.05, 4.69) is 211 Å². The molecular formula is C58H48N2O2. The topological polar surface area (TPSA) is 32.8 Å². The Balaban J connectivity index is 1.19. The molecule has 0 N–H and O–H groups in total. The normalized spacial score (nSPS) is 11.9. The van der Waals surface area contributed by atoms with Crippen LogP contribution in [0.1, 0.15) is 44.5 Å². The van der Waals surface area contributed by atoms with Crippen LogP contribution in [0.3, 0.4) is 0 Å². The number of nitrogens with zero attached hydrogens (tertiary/aromatic N) is 2. The molecule has 11 aromatic rings. The van der Waals surface area contributed by atoms with E-state index in [0.29, 0.717) is 0 Å². The Morgan fingerprint density at radius 3 is 0.855 bits per heavy atom. The van der Waals surface area contributed by atoms with E-state index in [4.69, 9.17) is 8.83 Å². The standard InChI is InChI=1S/C58H48N2O2/c1-33-19-34(2)24-41(23-33)59(42-25-35(3)20-36(4)26-42)51-31-53-55(47-15-11-9-13-45(47)51)49-17-18-50-56-48-16-12-10-14-46(48)52(32-54(56)62-58(50)57(49)61-53)60(43-27-37(5)21-38(6)28-43)44-29-39(7)22-40(8)30-44/h9-32H,1-8H3. The fourth-order valence-electron chi connectivity index (χ4n) is 10.3. The van der Waals surface area contributed by atoms with Gasteiger partial charge in [-0.25, -0.2) is 0 Å². The van der Waals surface area contributed by atoms with E-state index in [0.717, 1.165) is 99.5 Å². The number of hydrogen-bond acceptors (Lipinski definition) is 4. The summed E-state index contributed by atoms with van der Waals surface area (Å²) in [6.07, 6.45) is 0. The quantitative estimate of drug-likeness (QED) is 0.168. The summed E-state index contributed by atoms with van der Waals surface area (Å²) in [5.74, 6) is 0. The van der Waals surface area contributed by atoms with E-state index in [1.165, 1.54) is 44.5 Å². The average Bonchev–Trinajstić information content (AvgIpc) is 3.78. The molecule has 4 heteroatoms. The molecule has 0 amide bonds. The van der Waals surface area contributed by atoms with E-state index in [-0.39, 0.29) is 0 Å².